The van der Waals surface area contributed by atoms with E-state index in [-0.39, 0.29) is 11.3 Å². The molecule has 0 saturated heterocycles. The summed E-state index contributed by atoms with van der Waals surface area (Å²) in [6, 6.07) is 4.85. The number of hydrogen-bond donors (Lipinski definition) is 2. The molecule has 1 aromatic rings. The van der Waals surface area contributed by atoms with Gasteiger partial charge in [0.2, 0.25) is 0 Å². The highest BCUT2D eigenvalue weighted by atomic mass is 35.5. The molecule has 2 atom stereocenters. The van der Waals surface area contributed by atoms with E-state index < -0.39 is 17.5 Å². The number of aliphatic hydroxyl groups excluding tert-OH is 1. The monoisotopic (exact) mass is 270 g/mol. The SMILES string of the molecule is CCc1ccc(C(Cl)C(C)=O)cc1C(O)C(=O)O. The van der Waals surface area contributed by atoms with E-state index in [0.717, 1.165) is 5.56 Å². The topological polar surface area (TPSA) is 74.6 Å². The second kappa shape index (κ2) is 5.98. The zero-order valence-electron chi connectivity index (χ0n) is 10.2. The number of carboxylic acids is 1. The number of halogens is 1. The predicted octanol–water partition coefficient (Wildman–Crippen LogP) is 2.24. The quantitative estimate of drug-likeness (QED) is 0.805. The standard InChI is InChI=1S/C13H15ClO4/c1-3-8-4-5-9(11(14)7(2)15)6-10(8)12(16)13(17)18/h4-6,11-12,16H,3H2,1-2H3,(H,17,18). The van der Waals surface area contributed by atoms with Gasteiger partial charge in [-0.15, -0.1) is 11.6 Å². The lowest BCUT2D eigenvalue weighted by Gasteiger charge is -2.14. The zero-order chi connectivity index (χ0) is 13.9. The Hall–Kier alpha value is -1.39. The van der Waals surface area contributed by atoms with E-state index in [2.05, 4.69) is 0 Å². The third-order valence-corrected chi connectivity index (χ3v) is 3.29. The van der Waals surface area contributed by atoms with Gasteiger partial charge < -0.3 is 10.2 Å². The van der Waals surface area contributed by atoms with Crippen LogP contribution in [0.4, 0.5) is 0 Å². The Balaban J connectivity index is 3.25. The highest BCUT2D eigenvalue weighted by molar-refractivity contribution is 6.30. The van der Waals surface area contributed by atoms with Gasteiger partial charge >= 0.3 is 5.97 Å². The Bertz CT molecular complexity index is 470. The van der Waals surface area contributed by atoms with E-state index in [1.165, 1.54) is 13.0 Å². The Morgan fingerprint density at radius 3 is 2.44 bits per heavy atom. The van der Waals surface area contributed by atoms with Gasteiger partial charge in [0.15, 0.2) is 11.9 Å². The van der Waals surface area contributed by atoms with Crippen molar-refractivity contribution >= 4 is 23.4 Å². The molecule has 0 aliphatic rings. The molecular formula is C13H15ClO4. The van der Waals surface area contributed by atoms with Crippen LogP contribution in [0.2, 0.25) is 0 Å². The number of carbonyl (C=O) groups is 2. The number of rotatable bonds is 5. The average Bonchev–Trinajstić information content (AvgIpc) is 2.35. The molecule has 98 valence electrons. The molecule has 0 amide bonds. The molecular weight excluding hydrogens is 256 g/mol. The number of aliphatic carboxylic acids is 1. The van der Waals surface area contributed by atoms with E-state index in [1.54, 1.807) is 12.1 Å². The van der Waals surface area contributed by atoms with Gasteiger partial charge in [-0.2, -0.15) is 0 Å². The molecule has 0 fully saturated rings. The molecule has 0 radical (unpaired) electrons. The van der Waals surface area contributed by atoms with Crippen molar-refractivity contribution in [2.24, 2.45) is 0 Å². The second-order valence-corrected chi connectivity index (χ2v) is 4.46. The molecule has 18 heavy (non-hydrogen) atoms. The molecule has 0 heterocycles. The number of ketones is 1. The van der Waals surface area contributed by atoms with Crippen molar-refractivity contribution in [3.8, 4) is 0 Å². The fourth-order valence-corrected chi connectivity index (χ4v) is 1.85. The Morgan fingerprint density at radius 1 is 1.39 bits per heavy atom. The van der Waals surface area contributed by atoms with E-state index in [4.69, 9.17) is 16.7 Å². The third kappa shape index (κ3) is 3.09. The Morgan fingerprint density at radius 2 is 2.00 bits per heavy atom. The average molecular weight is 271 g/mol. The smallest absolute Gasteiger partial charge is 0.337 e. The lowest BCUT2D eigenvalue weighted by atomic mass is 9.96. The predicted molar refractivity (Wildman–Crippen MR) is 67.7 cm³/mol. The molecule has 0 aliphatic heterocycles. The zero-order valence-corrected chi connectivity index (χ0v) is 10.9. The van der Waals surface area contributed by atoms with Crippen molar-refractivity contribution in [1.82, 2.24) is 0 Å². The van der Waals surface area contributed by atoms with Crippen molar-refractivity contribution in [2.45, 2.75) is 31.7 Å². The summed E-state index contributed by atoms with van der Waals surface area (Å²) in [5, 5.41) is 17.6. The molecule has 1 aromatic carbocycles. The Kier molecular flexibility index (Phi) is 4.87. The number of aryl methyl sites for hydroxylation is 1. The maximum atomic E-state index is 11.2. The Labute approximate surface area is 110 Å². The largest absolute Gasteiger partial charge is 0.479 e. The maximum absolute atomic E-state index is 11.2. The molecule has 0 bridgehead atoms. The van der Waals surface area contributed by atoms with Crippen molar-refractivity contribution in [2.75, 3.05) is 0 Å². The van der Waals surface area contributed by atoms with Gasteiger partial charge in [-0.25, -0.2) is 4.79 Å². The number of Topliss-reactive ketones (excluding diaryl/α,β-unsaturated/α-hetero) is 1. The molecule has 0 aliphatic carbocycles. The summed E-state index contributed by atoms with van der Waals surface area (Å²) in [5.41, 5.74) is 1.51. The number of alkyl halides is 1. The van der Waals surface area contributed by atoms with Crippen molar-refractivity contribution in [3.63, 3.8) is 0 Å². The van der Waals surface area contributed by atoms with Crippen LogP contribution in [-0.4, -0.2) is 22.0 Å². The number of carboxylic acid groups (broad SMARTS) is 1. The van der Waals surface area contributed by atoms with Gasteiger partial charge in [0.1, 0.15) is 5.38 Å². The minimum absolute atomic E-state index is 0.225. The van der Waals surface area contributed by atoms with E-state index in [1.807, 2.05) is 6.92 Å². The summed E-state index contributed by atoms with van der Waals surface area (Å²) >= 11 is 5.91. The highest BCUT2D eigenvalue weighted by Crippen LogP contribution is 2.27. The van der Waals surface area contributed by atoms with Crippen LogP contribution in [-0.2, 0) is 16.0 Å². The molecule has 2 N–H and O–H groups in total. The summed E-state index contributed by atoms with van der Waals surface area (Å²) in [4.78, 5) is 22.0. The molecule has 0 aromatic heterocycles. The summed E-state index contributed by atoms with van der Waals surface area (Å²) in [5.74, 6) is -1.55. The van der Waals surface area contributed by atoms with Crippen LogP contribution >= 0.6 is 11.6 Å². The minimum atomic E-state index is -1.60. The van der Waals surface area contributed by atoms with Crippen molar-refractivity contribution in [3.05, 3.63) is 34.9 Å². The van der Waals surface area contributed by atoms with Gasteiger partial charge in [0, 0.05) is 0 Å². The van der Waals surface area contributed by atoms with Gasteiger partial charge in [0.05, 0.1) is 0 Å². The van der Waals surface area contributed by atoms with Gasteiger partial charge in [-0.1, -0.05) is 25.1 Å². The van der Waals surface area contributed by atoms with Crippen LogP contribution in [0, 0.1) is 0 Å². The van der Waals surface area contributed by atoms with Crippen LogP contribution in [0.25, 0.3) is 0 Å². The van der Waals surface area contributed by atoms with Crippen LogP contribution in [0.5, 0.6) is 0 Å². The van der Waals surface area contributed by atoms with Crippen LogP contribution in [0.1, 0.15) is 42.0 Å². The number of hydrogen-bond acceptors (Lipinski definition) is 3. The second-order valence-electron chi connectivity index (χ2n) is 4.03. The van der Waals surface area contributed by atoms with E-state index >= 15 is 0 Å². The highest BCUT2D eigenvalue weighted by Gasteiger charge is 2.21. The van der Waals surface area contributed by atoms with Crippen LogP contribution < -0.4 is 0 Å². The summed E-state index contributed by atoms with van der Waals surface area (Å²) in [7, 11) is 0. The maximum Gasteiger partial charge on any atom is 0.337 e. The summed E-state index contributed by atoms with van der Waals surface area (Å²) in [6.07, 6.45) is -1.01. The first-order valence-corrected chi connectivity index (χ1v) is 6.00. The first-order valence-electron chi connectivity index (χ1n) is 5.56. The number of benzene rings is 1. The minimum Gasteiger partial charge on any atom is -0.479 e. The molecule has 0 spiro atoms. The van der Waals surface area contributed by atoms with Crippen molar-refractivity contribution in [1.29, 1.82) is 0 Å². The first kappa shape index (κ1) is 14.7. The van der Waals surface area contributed by atoms with Crippen LogP contribution in [0.3, 0.4) is 0 Å². The number of aliphatic hydroxyl groups is 1. The fourth-order valence-electron chi connectivity index (χ4n) is 1.72. The molecule has 2 unspecified atom stereocenters. The summed E-state index contributed by atoms with van der Waals surface area (Å²) in [6.45, 7) is 3.22. The van der Waals surface area contributed by atoms with Gasteiger partial charge in [-0.3, -0.25) is 4.79 Å². The molecule has 4 nitrogen and oxygen atoms in total. The lowest BCUT2D eigenvalue weighted by molar-refractivity contribution is -0.147. The molecule has 5 heteroatoms. The molecule has 0 saturated carbocycles. The first-order chi connectivity index (χ1) is 8.38. The normalized spacial score (nSPS) is 14.0. The third-order valence-electron chi connectivity index (χ3n) is 2.73. The number of carbonyl (C=O) groups excluding carboxylic acids is 1. The van der Waals surface area contributed by atoms with Gasteiger partial charge in [0.25, 0.3) is 0 Å². The van der Waals surface area contributed by atoms with Gasteiger partial charge in [-0.05, 0) is 30.0 Å². The summed E-state index contributed by atoms with van der Waals surface area (Å²) < 4.78 is 0. The van der Waals surface area contributed by atoms with E-state index in [0.29, 0.717) is 12.0 Å². The molecule has 1 rings (SSSR count). The van der Waals surface area contributed by atoms with Crippen molar-refractivity contribution < 1.29 is 19.8 Å². The fraction of sp³-hybridized carbons (Fsp3) is 0.385. The lowest BCUT2D eigenvalue weighted by Crippen LogP contribution is -2.14. The van der Waals surface area contributed by atoms with E-state index in [9.17, 15) is 14.7 Å². The van der Waals surface area contributed by atoms with Crippen LogP contribution in [0.15, 0.2) is 18.2 Å².